The van der Waals surface area contributed by atoms with Gasteiger partial charge < -0.3 is 0 Å². The van der Waals surface area contributed by atoms with E-state index in [9.17, 15) is 0 Å². The first-order valence-corrected chi connectivity index (χ1v) is 5.66. The van der Waals surface area contributed by atoms with Crippen molar-refractivity contribution in [2.75, 3.05) is 0 Å². The Kier molecular flexibility index (Phi) is 2.38. The molecule has 0 bridgehead atoms. The Bertz CT molecular complexity index is 339. The minimum absolute atomic E-state index is 0.758. The lowest BCUT2D eigenvalue weighted by molar-refractivity contribution is 0.438. The van der Waals surface area contributed by atoms with E-state index in [0.717, 1.165) is 11.8 Å². The van der Waals surface area contributed by atoms with Gasteiger partial charge in [0.2, 0.25) is 0 Å². The van der Waals surface area contributed by atoms with Gasteiger partial charge in [-0.25, -0.2) is 0 Å². The molecule has 0 aromatic heterocycles. The van der Waals surface area contributed by atoms with Gasteiger partial charge >= 0.3 is 0 Å². The van der Waals surface area contributed by atoms with Crippen molar-refractivity contribution < 1.29 is 0 Å². The summed E-state index contributed by atoms with van der Waals surface area (Å²) in [6, 6.07) is 0. The van der Waals surface area contributed by atoms with Crippen molar-refractivity contribution in [2.45, 2.75) is 40.5 Å². The van der Waals surface area contributed by atoms with Gasteiger partial charge in [0, 0.05) is 0 Å². The molecule has 0 spiro atoms. The van der Waals surface area contributed by atoms with Crippen LogP contribution in [0.25, 0.3) is 0 Å². The lowest BCUT2D eigenvalue weighted by atomic mass is 9.75. The maximum atomic E-state index is 2.48. The Hall–Kier alpha value is -0.780. The first-order valence-electron chi connectivity index (χ1n) is 5.66. The molecule has 2 atom stereocenters. The molecule has 0 saturated heterocycles. The van der Waals surface area contributed by atoms with Crippen LogP contribution < -0.4 is 0 Å². The van der Waals surface area contributed by atoms with Crippen molar-refractivity contribution in [3.8, 4) is 0 Å². The molecule has 0 aliphatic heterocycles. The van der Waals surface area contributed by atoms with Crippen molar-refractivity contribution in [1.82, 2.24) is 0 Å². The summed E-state index contributed by atoms with van der Waals surface area (Å²) in [5.74, 6) is 1.57. The highest BCUT2D eigenvalue weighted by molar-refractivity contribution is 5.47. The summed E-state index contributed by atoms with van der Waals surface area (Å²) in [5.41, 5.74) is 6.22. The fraction of sp³-hybridized carbons (Fsp3) is 0.571. The average molecular weight is 188 g/mol. The quantitative estimate of drug-likeness (QED) is 0.533. The number of allylic oxidation sites excluding steroid dienone is 6. The Morgan fingerprint density at radius 3 is 2.57 bits per heavy atom. The largest absolute Gasteiger partial charge is 0.0776 e. The maximum absolute atomic E-state index is 2.48. The topological polar surface area (TPSA) is 0 Å². The molecule has 0 heterocycles. The highest BCUT2D eigenvalue weighted by Gasteiger charge is 2.23. The predicted molar refractivity (Wildman–Crippen MR) is 62.1 cm³/mol. The van der Waals surface area contributed by atoms with Gasteiger partial charge in [0.15, 0.2) is 0 Å². The molecule has 0 nitrogen and oxygen atoms in total. The average Bonchev–Trinajstić information content (AvgIpc) is 2.11. The normalized spacial score (nSPS) is 32.3. The molecular weight excluding hydrogens is 168 g/mol. The summed E-state index contributed by atoms with van der Waals surface area (Å²) in [6.07, 6.45) is 7.34. The standard InChI is InChI=1S/C14H20/c1-9-5-13-7-11(3)12(4)8-14(13)6-10(9)2/h5,8-10H,6-7H2,1-4H3. The molecule has 76 valence electrons. The van der Waals surface area contributed by atoms with Crippen LogP contribution in [0.5, 0.6) is 0 Å². The third kappa shape index (κ3) is 1.58. The van der Waals surface area contributed by atoms with Gasteiger partial charge in [-0.15, -0.1) is 0 Å². The monoisotopic (exact) mass is 188 g/mol. The number of fused-ring (bicyclic) bond motifs is 1. The van der Waals surface area contributed by atoms with Crippen LogP contribution >= 0.6 is 0 Å². The lowest BCUT2D eigenvalue weighted by Gasteiger charge is -2.30. The smallest absolute Gasteiger partial charge is 0.00645 e. The zero-order valence-corrected chi connectivity index (χ0v) is 9.72. The van der Waals surface area contributed by atoms with Crippen LogP contribution in [0.15, 0.2) is 34.4 Å². The van der Waals surface area contributed by atoms with Gasteiger partial charge in [-0.3, -0.25) is 0 Å². The molecule has 0 heteroatoms. The fourth-order valence-electron chi connectivity index (χ4n) is 2.39. The van der Waals surface area contributed by atoms with Gasteiger partial charge in [0.05, 0.1) is 0 Å². The molecule has 0 N–H and O–H groups in total. The molecule has 0 saturated carbocycles. The van der Waals surface area contributed by atoms with E-state index in [1.165, 1.54) is 18.4 Å². The highest BCUT2D eigenvalue weighted by Crippen LogP contribution is 2.39. The molecule has 0 amide bonds. The van der Waals surface area contributed by atoms with Crippen LogP contribution in [0, 0.1) is 11.8 Å². The molecule has 2 unspecified atom stereocenters. The maximum Gasteiger partial charge on any atom is -0.00645 e. The molecule has 2 rings (SSSR count). The fourth-order valence-corrected chi connectivity index (χ4v) is 2.39. The van der Waals surface area contributed by atoms with E-state index in [2.05, 4.69) is 39.8 Å². The van der Waals surface area contributed by atoms with Crippen LogP contribution in [0.1, 0.15) is 40.5 Å². The van der Waals surface area contributed by atoms with Gasteiger partial charge in [0.25, 0.3) is 0 Å². The first-order chi connectivity index (χ1) is 6.58. The molecule has 0 radical (unpaired) electrons. The van der Waals surface area contributed by atoms with Gasteiger partial charge in [-0.2, -0.15) is 0 Å². The summed E-state index contributed by atoms with van der Waals surface area (Å²) >= 11 is 0. The minimum atomic E-state index is 0.758. The Labute approximate surface area is 87.4 Å². The molecule has 0 fully saturated rings. The number of hydrogen-bond acceptors (Lipinski definition) is 0. The van der Waals surface area contributed by atoms with Gasteiger partial charge in [-0.05, 0) is 49.7 Å². The summed E-state index contributed by atoms with van der Waals surface area (Å²) in [6.45, 7) is 9.20. The second kappa shape index (κ2) is 3.42. The van der Waals surface area contributed by atoms with E-state index < -0.39 is 0 Å². The van der Waals surface area contributed by atoms with E-state index in [0.29, 0.717) is 0 Å². The highest BCUT2D eigenvalue weighted by atomic mass is 14.3. The summed E-state index contributed by atoms with van der Waals surface area (Å²) in [5, 5.41) is 0. The van der Waals surface area contributed by atoms with Crippen molar-refractivity contribution in [1.29, 1.82) is 0 Å². The zero-order chi connectivity index (χ0) is 10.3. The SMILES string of the molecule is CC1=C(C)CC2=CC(C)C(C)CC2=C1. The minimum Gasteiger partial charge on any atom is -0.0776 e. The Morgan fingerprint density at radius 1 is 1.14 bits per heavy atom. The van der Waals surface area contributed by atoms with E-state index in [4.69, 9.17) is 0 Å². The Balaban J connectivity index is 2.36. The van der Waals surface area contributed by atoms with Crippen LogP contribution in [0.2, 0.25) is 0 Å². The lowest BCUT2D eigenvalue weighted by Crippen LogP contribution is -2.16. The molecule has 14 heavy (non-hydrogen) atoms. The van der Waals surface area contributed by atoms with E-state index in [-0.39, 0.29) is 0 Å². The van der Waals surface area contributed by atoms with E-state index in [1.54, 1.807) is 16.7 Å². The molecule has 0 aromatic rings. The third-order valence-corrected chi connectivity index (χ3v) is 3.84. The van der Waals surface area contributed by atoms with Crippen LogP contribution in [0.3, 0.4) is 0 Å². The number of hydrogen-bond donors (Lipinski definition) is 0. The second-order valence-electron chi connectivity index (χ2n) is 5.04. The van der Waals surface area contributed by atoms with Gasteiger partial charge in [-0.1, -0.05) is 37.1 Å². The van der Waals surface area contributed by atoms with Crippen molar-refractivity contribution in [3.05, 3.63) is 34.4 Å². The van der Waals surface area contributed by atoms with E-state index >= 15 is 0 Å². The van der Waals surface area contributed by atoms with Crippen molar-refractivity contribution in [3.63, 3.8) is 0 Å². The number of rotatable bonds is 0. The van der Waals surface area contributed by atoms with Crippen LogP contribution in [-0.2, 0) is 0 Å². The first kappa shape index (κ1) is 9.76. The predicted octanol–water partition coefficient (Wildman–Crippen LogP) is 4.26. The molecule has 0 aromatic carbocycles. The Morgan fingerprint density at radius 2 is 1.86 bits per heavy atom. The second-order valence-corrected chi connectivity index (χ2v) is 5.04. The van der Waals surface area contributed by atoms with E-state index in [1.807, 2.05) is 0 Å². The summed E-state index contributed by atoms with van der Waals surface area (Å²) in [4.78, 5) is 0. The zero-order valence-electron chi connectivity index (χ0n) is 9.72. The van der Waals surface area contributed by atoms with Crippen molar-refractivity contribution >= 4 is 0 Å². The van der Waals surface area contributed by atoms with Gasteiger partial charge in [0.1, 0.15) is 0 Å². The summed E-state index contributed by atoms with van der Waals surface area (Å²) in [7, 11) is 0. The summed E-state index contributed by atoms with van der Waals surface area (Å²) < 4.78 is 0. The molecular formula is C14H20. The molecule has 2 aliphatic carbocycles. The van der Waals surface area contributed by atoms with Crippen LogP contribution in [0.4, 0.5) is 0 Å². The van der Waals surface area contributed by atoms with Crippen LogP contribution in [-0.4, -0.2) is 0 Å². The third-order valence-electron chi connectivity index (χ3n) is 3.84. The van der Waals surface area contributed by atoms with Crippen molar-refractivity contribution in [2.24, 2.45) is 11.8 Å². The molecule has 2 aliphatic rings.